The number of hydrogen-bond acceptors (Lipinski definition) is 7. The third kappa shape index (κ3) is 7.20. The van der Waals surface area contributed by atoms with Crippen LogP contribution in [-0.2, 0) is 32.6 Å². The van der Waals surface area contributed by atoms with Crippen LogP contribution in [0.4, 0.5) is 0 Å². The maximum atomic E-state index is 12.9. The quantitative estimate of drug-likeness (QED) is 0.290. The molecule has 7 nitrogen and oxygen atoms in total. The lowest BCUT2D eigenvalue weighted by Crippen LogP contribution is -2.32. The molecule has 1 unspecified atom stereocenters. The van der Waals surface area contributed by atoms with E-state index in [0.29, 0.717) is 13.2 Å². The lowest BCUT2D eigenvalue weighted by Gasteiger charge is -2.27. The Morgan fingerprint density at radius 2 is 1.36 bits per heavy atom. The predicted molar refractivity (Wildman–Crippen MR) is 82.9 cm³/mol. The molecule has 0 saturated heterocycles. The molecule has 0 N–H and O–H groups in total. The standard InChI is InChI=1S/C14H29O7P/c1-6-17-13(18-7-2)11-12(14(15)19-8-3)22(16,20-9-4)21-10-5/h12-13H,6-11H2,1-5H3. The second-order valence-electron chi connectivity index (χ2n) is 4.22. The van der Waals surface area contributed by atoms with Crippen molar-refractivity contribution in [2.75, 3.05) is 33.0 Å². The molecule has 0 aliphatic heterocycles. The first-order valence-corrected chi connectivity index (χ1v) is 9.38. The highest BCUT2D eigenvalue weighted by Crippen LogP contribution is 2.55. The first-order valence-electron chi connectivity index (χ1n) is 7.77. The van der Waals surface area contributed by atoms with E-state index < -0.39 is 25.5 Å². The summed E-state index contributed by atoms with van der Waals surface area (Å²) in [4.78, 5) is 12.2. The molecule has 0 fully saturated rings. The molecule has 0 amide bonds. The molecule has 22 heavy (non-hydrogen) atoms. The molecule has 1 atom stereocenters. The summed E-state index contributed by atoms with van der Waals surface area (Å²) in [7, 11) is -3.65. The van der Waals surface area contributed by atoms with Crippen molar-refractivity contribution in [1.29, 1.82) is 0 Å². The Bertz CT molecular complexity index is 332. The molecular formula is C14H29O7P. The number of hydrogen-bond donors (Lipinski definition) is 0. The Labute approximate surface area is 133 Å². The maximum Gasteiger partial charge on any atom is 0.345 e. The maximum absolute atomic E-state index is 12.9. The van der Waals surface area contributed by atoms with Gasteiger partial charge in [0, 0.05) is 19.6 Å². The molecule has 132 valence electrons. The van der Waals surface area contributed by atoms with Crippen molar-refractivity contribution < 1.29 is 32.6 Å². The smallest absolute Gasteiger partial charge is 0.345 e. The molecule has 0 spiro atoms. The summed E-state index contributed by atoms with van der Waals surface area (Å²) in [6.07, 6.45) is -0.615. The van der Waals surface area contributed by atoms with E-state index in [-0.39, 0.29) is 26.2 Å². The summed E-state index contributed by atoms with van der Waals surface area (Å²) in [6.45, 7) is 10.0. The average molecular weight is 340 g/mol. The van der Waals surface area contributed by atoms with Crippen LogP contribution < -0.4 is 0 Å². The number of carbonyl (C=O) groups is 1. The van der Waals surface area contributed by atoms with Gasteiger partial charge in [0.2, 0.25) is 0 Å². The minimum Gasteiger partial charge on any atom is -0.465 e. The topological polar surface area (TPSA) is 80.3 Å². The van der Waals surface area contributed by atoms with Crippen LogP contribution in [0.3, 0.4) is 0 Å². The highest BCUT2D eigenvalue weighted by atomic mass is 31.2. The van der Waals surface area contributed by atoms with Gasteiger partial charge in [0.05, 0.1) is 19.8 Å². The van der Waals surface area contributed by atoms with Crippen molar-refractivity contribution in [3.8, 4) is 0 Å². The van der Waals surface area contributed by atoms with Gasteiger partial charge in [0.25, 0.3) is 0 Å². The number of ether oxygens (including phenoxy) is 3. The molecule has 0 aromatic rings. The Morgan fingerprint density at radius 3 is 1.73 bits per heavy atom. The summed E-state index contributed by atoms with van der Waals surface area (Å²) in [5.74, 6) is -0.628. The van der Waals surface area contributed by atoms with E-state index in [2.05, 4.69) is 0 Å². The van der Waals surface area contributed by atoms with Crippen LogP contribution in [0.15, 0.2) is 0 Å². The van der Waals surface area contributed by atoms with Gasteiger partial charge in [-0.2, -0.15) is 0 Å². The van der Waals surface area contributed by atoms with Gasteiger partial charge in [-0.15, -0.1) is 0 Å². The van der Waals surface area contributed by atoms with Crippen LogP contribution in [0.2, 0.25) is 0 Å². The second kappa shape index (κ2) is 12.0. The summed E-state index contributed by atoms with van der Waals surface area (Å²) in [6, 6.07) is 0. The van der Waals surface area contributed by atoms with E-state index in [4.69, 9.17) is 23.3 Å². The van der Waals surface area contributed by atoms with Gasteiger partial charge in [0.1, 0.15) is 0 Å². The summed E-state index contributed by atoms with van der Waals surface area (Å²) < 4.78 is 39.4. The van der Waals surface area contributed by atoms with Crippen molar-refractivity contribution in [3.05, 3.63) is 0 Å². The largest absolute Gasteiger partial charge is 0.465 e. The SMILES string of the molecule is CCOC(=O)C(CC(OCC)OCC)P(=O)(OCC)OCC. The van der Waals surface area contributed by atoms with Gasteiger partial charge >= 0.3 is 13.6 Å². The van der Waals surface area contributed by atoms with E-state index in [9.17, 15) is 9.36 Å². The number of rotatable bonds is 13. The summed E-state index contributed by atoms with van der Waals surface area (Å²) >= 11 is 0. The molecule has 0 aromatic heterocycles. The van der Waals surface area contributed by atoms with Gasteiger partial charge < -0.3 is 23.3 Å². The zero-order valence-electron chi connectivity index (χ0n) is 14.2. The molecule has 0 aromatic carbocycles. The molecule has 0 rings (SSSR count). The minimum atomic E-state index is -3.65. The van der Waals surface area contributed by atoms with Crippen LogP contribution >= 0.6 is 7.60 Å². The van der Waals surface area contributed by atoms with Gasteiger partial charge in [-0.1, -0.05) is 0 Å². The molecule has 8 heteroatoms. The summed E-state index contributed by atoms with van der Waals surface area (Å²) in [5, 5.41) is 0. The normalized spacial score (nSPS) is 13.4. The molecular weight excluding hydrogens is 311 g/mol. The fourth-order valence-corrected chi connectivity index (χ4v) is 3.83. The van der Waals surface area contributed by atoms with Gasteiger partial charge in [-0.25, -0.2) is 0 Å². The highest BCUT2D eigenvalue weighted by Gasteiger charge is 2.44. The fraction of sp³-hybridized carbons (Fsp3) is 0.929. The van der Waals surface area contributed by atoms with E-state index in [1.54, 1.807) is 20.8 Å². The van der Waals surface area contributed by atoms with E-state index in [0.717, 1.165) is 0 Å². The van der Waals surface area contributed by atoms with Crippen LogP contribution in [-0.4, -0.2) is 51.0 Å². The third-order valence-corrected chi connectivity index (χ3v) is 5.10. The molecule has 0 aliphatic carbocycles. The van der Waals surface area contributed by atoms with E-state index >= 15 is 0 Å². The monoisotopic (exact) mass is 340 g/mol. The van der Waals surface area contributed by atoms with Crippen LogP contribution in [0.1, 0.15) is 41.0 Å². The Hall–Kier alpha value is -0.460. The van der Waals surface area contributed by atoms with Gasteiger partial charge in [0.15, 0.2) is 11.9 Å². The van der Waals surface area contributed by atoms with Crippen molar-refractivity contribution in [1.82, 2.24) is 0 Å². The summed E-state index contributed by atoms with van der Waals surface area (Å²) in [5.41, 5.74) is -1.07. The molecule has 0 bridgehead atoms. The van der Waals surface area contributed by atoms with Crippen LogP contribution in [0.25, 0.3) is 0 Å². The zero-order chi connectivity index (χ0) is 17.0. The van der Waals surface area contributed by atoms with Crippen LogP contribution in [0.5, 0.6) is 0 Å². The minimum absolute atomic E-state index is 0.0534. The Kier molecular flexibility index (Phi) is 11.8. The van der Waals surface area contributed by atoms with Crippen molar-refractivity contribution in [3.63, 3.8) is 0 Å². The van der Waals surface area contributed by atoms with Crippen molar-refractivity contribution in [2.45, 2.75) is 53.0 Å². The van der Waals surface area contributed by atoms with E-state index in [1.165, 1.54) is 0 Å². The Balaban J connectivity index is 5.30. The molecule has 0 saturated carbocycles. The first-order chi connectivity index (χ1) is 10.5. The number of esters is 1. The van der Waals surface area contributed by atoms with Gasteiger partial charge in [-0.05, 0) is 34.6 Å². The first kappa shape index (κ1) is 21.5. The molecule has 0 aliphatic rings. The second-order valence-corrected chi connectivity index (χ2v) is 6.44. The van der Waals surface area contributed by atoms with E-state index in [1.807, 2.05) is 13.8 Å². The van der Waals surface area contributed by atoms with Crippen molar-refractivity contribution in [2.24, 2.45) is 0 Å². The third-order valence-electron chi connectivity index (χ3n) is 2.68. The van der Waals surface area contributed by atoms with Crippen molar-refractivity contribution >= 4 is 13.6 Å². The lowest BCUT2D eigenvalue weighted by molar-refractivity contribution is -0.155. The number of carbonyl (C=O) groups excluding carboxylic acids is 1. The van der Waals surface area contributed by atoms with Crippen LogP contribution in [0, 0.1) is 0 Å². The highest BCUT2D eigenvalue weighted by molar-refractivity contribution is 7.55. The lowest BCUT2D eigenvalue weighted by atomic mass is 10.3. The zero-order valence-corrected chi connectivity index (χ0v) is 15.1. The average Bonchev–Trinajstić information content (AvgIpc) is 2.45. The van der Waals surface area contributed by atoms with Gasteiger partial charge in [-0.3, -0.25) is 9.36 Å². The molecule has 0 heterocycles. The predicted octanol–water partition coefficient (Wildman–Crippen LogP) is 2.97. The Morgan fingerprint density at radius 1 is 0.864 bits per heavy atom. The molecule has 0 radical (unpaired) electrons. The fourth-order valence-electron chi connectivity index (χ4n) is 1.91.